The van der Waals surface area contributed by atoms with E-state index in [0.29, 0.717) is 16.4 Å². The maximum absolute atomic E-state index is 13.8. The first-order valence-electron chi connectivity index (χ1n) is 11.8. The molecule has 4 aromatic carbocycles. The molecule has 0 spiro atoms. The molecule has 1 heterocycles. The van der Waals surface area contributed by atoms with Gasteiger partial charge in [0.2, 0.25) is 0 Å². The van der Waals surface area contributed by atoms with Gasteiger partial charge in [0, 0.05) is 17.3 Å². The lowest BCUT2D eigenvalue weighted by Gasteiger charge is -2.38. The summed E-state index contributed by atoms with van der Waals surface area (Å²) in [5.41, 5.74) is 0.242. The monoisotopic (exact) mass is 480 g/mol. The van der Waals surface area contributed by atoms with Crippen molar-refractivity contribution in [2.75, 3.05) is 16.8 Å². The molecule has 182 valence electrons. The van der Waals surface area contributed by atoms with Crippen LogP contribution < -0.4 is 10.2 Å². The van der Waals surface area contributed by atoms with E-state index in [9.17, 15) is 14.8 Å². The molecule has 0 aliphatic carbocycles. The summed E-state index contributed by atoms with van der Waals surface area (Å²) < 4.78 is 0. The average molecular weight is 481 g/mol. The molecule has 4 aromatic rings. The summed E-state index contributed by atoms with van der Waals surface area (Å²) in [7, 11) is 0. The van der Waals surface area contributed by atoms with Gasteiger partial charge in [-0.3, -0.25) is 10.1 Å². The minimum absolute atomic E-state index is 0.266. The van der Waals surface area contributed by atoms with E-state index < -0.39 is 17.7 Å². The lowest BCUT2D eigenvalue weighted by molar-refractivity contribution is -0.0940. The summed E-state index contributed by atoms with van der Waals surface area (Å²) in [6, 6.07) is 25.6. The molecule has 0 aromatic heterocycles. The number of fused-ring (bicyclic) bond motifs is 2. The van der Waals surface area contributed by atoms with Crippen LogP contribution in [-0.4, -0.2) is 45.5 Å². The zero-order chi connectivity index (χ0) is 25.4. The van der Waals surface area contributed by atoms with Gasteiger partial charge >= 0.3 is 12.1 Å². The normalized spacial score (nSPS) is 17.0. The third-order valence-electron chi connectivity index (χ3n) is 6.82. The third-order valence-corrected chi connectivity index (χ3v) is 6.82. The predicted molar refractivity (Wildman–Crippen MR) is 143 cm³/mol. The molecule has 2 N–H and O–H groups in total. The maximum Gasteiger partial charge on any atom is 0.347 e. The van der Waals surface area contributed by atoms with E-state index >= 15 is 0 Å². The van der Waals surface area contributed by atoms with Gasteiger partial charge in [-0.1, -0.05) is 78.9 Å². The number of rotatable bonds is 5. The molecule has 1 fully saturated rings. The Hall–Kier alpha value is -4.36. The molecule has 1 saturated heterocycles. The minimum Gasteiger partial charge on any atom is -0.311 e. The molecule has 1 aliphatic heterocycles. The van der Waals surface area contributed by atoms with Crippen LogP contribution in [0.2, 0.25) is 0 Å². The summed E-state index contributed by atoms with van der Waals surface area (Å²) in [6.45, 7) is 7.72. The van der Waals surface area contributed by atoms with Gasteiger partial charge in [-0.15, -0.1) is 6.58 Å². The van der Waals surface area contributed by atoms with E-state index in [2.05, 4.69) is 11.9 Å². The molecule has 5 rings (SSSR count). The Morgan fingerprint density at radius 2 is 1.56 bits per heavy atom. The SMILES string of the molecule is C=CCN1C(=O)N(c2cccc3ccccc23)[C@H](N(O)C(=O)Nc2cccc3ccccc23)C1(C)C. The standard InChI is InChI=1S/C29H28N4O3/c1-4-19-31-28(35)32(25-18-10-14-21-12-6-8-16-23(21)25)26(29(31,2)3)33(36)27(34)30-24-17-9-13-20-11-5-7-15-22(20)24/h4-18,26,36H,1,19H2,2-3H3,(H,30,34)/t26-/m1/s1. The number of nitrogens with zero attached hydrogens (tertiary/aromatic N) is 3. The number of carbonyl (C=O) groups is 2. The van der Waals surface area contributed by atoms with Crippen LogP contribution in [0.15, 0.2) is 97.6 Å². The largest absolute Gasteiger partial charge is 0.347 e. The van der Waals surface area contributed by atoms with Gasteiger partial charge in [-0.05, 0) is 36.8 Å². The molecule has 7 heteroatoms. The van der Waals surface area contributed by atoms with Gasteiger partial charge in [0.05, 0.1) is 16.9 Å². The van der Waals surface area contributed by atoms with Crippen molar-refractivity contribution in [1.29, 1.82) is 0 Å². The average Bonchev–Trinajstić information content (AvgIpc) is 3.08. The second kappa shape index (κ2) is 9.02. The highest BCUT2D eigenvalue weighted by molar-refractivity contribution is 6.06. The second-order valence-corrected chi connectivity index (χ2v) is 9.38. The van der Waals surface area contributed by atoms with Crippen LogP contribution in [0.25, 0.3) is 21.5 Å². The molecule has 36 heavy (non-hydrogen) atoms. The Morgan fingerprint density at radius 1 is 0.972 bits per heavy atom. The summed E-state index contributed by atoms with van der Waals surface area (Å²) in [5, 5.41) is 18.4. The number of nitrogens with one attached hydrogen (secondary N) is 1. The Morgan fingerprint density at radius 3 is 2.25 bits per heavy atom. The number of carbonyl (C=O) groups excluding carboxylic acids is 2. The van der Waals surface area contributed by atoms with Crippen LogP contribution in [0.5, 0.6) is 0 Å². The van der Waals surface area contributed by atoms with Crippen LogP contribution in [0.4, 0.5) is 21.0 Å². The fourth-order valence-electron chi connectivity index (χ4n) is 5.06. The summed E-state index contributed by atoms with van der Waals surface area (Å²) >= 11 is 0. The second-order valence-electron chi connectivity index (χ2n) is 9.38. The molecule has 7 nitrogen and oxygen atoms in total. The molecule has 0 unspecified atom stereocenters. The van der Waals surface area contributed by atoms with E-state index in [-0.39, 0.29) is 12.6 Å². The zero-order valence-electron chi connectivity index (χ0n) is 20.3. The van der Waals surface area contributed by atoms with Crippen molar-refractivity contribution in [3.63, 3.8) is 0 Å². The van der Waals surface area contributed by atoms with Crippen molar-refractivity contribution in [1.82, 2.24) is 9.96 Å². The van der Waals surface area contributed by atoms with E-state index in [1.54, 1.807) is 17.0 Å². The van der Waals surface area contributed by atoms with Crippen LogP contribution >= 0.6 is 0 Å². The minimum atomic E-state index is -1.01. The van der Waals surface area contributed by atoms with Crippen molar-refractivity contribution >= 4 is 45.0 Å². The number of anilines is 2. The quantitative estimate of drug-likeness (QED) is 0.196. The Bertz CT molecular complexity index is 1470. The molecule has 0 bridgehead atoms. The number of hydroxylamine groups is 2. The third kappa shape index (κ3) is 3.74. The molecule has 4 amide bonds. The number of amides is 4. The molecular weight excluding hydrogens is 452 g/mol. The topological polar surface area (TPSA) is 76.1 Å². The Balaban J connectivity index is 1.57. The highest BCUT2D eigenvalue weighted by Gasteiger charge is 2.56. The predicted octanol–water partition coefficient (Wildman–Crippen LogP) is 6.45. The van der Waals surface area contributed by atoms with Gasteiger partial charge in [-0.25, -0.2) is 9.59 Å². The number of hydrogen-bond donors (Lipinski definition) is 2. The van der Waals surface area contributed by atoms with Crippen molar-refractivity contribution in [2.24, 2.45) is 0 Å². The van der Waals surface area contributed by atoms with Crippen molar-refractivity contribution < 1.29 is 14.8 Å². The first-order valence-corrected chi connectivity index (χ1v) is 11.8. The molecule has 0 saturated carbocycles. The lowest BCUT2D eigenvalue weighted by atomic mass is 9.99. The van der Waals surface area contributed by atoms with Gasteiger partial charge in [0.15, 0.2) is 6.17 Å². The first-order chi connectivity index (χ1) is 17.3. The summed E-state index contributed by atoms with van der Waals surface area (Å²) in [4.78, 5) is 30.3. The number of benzene rings is 4. The summed E-state index contributed by atoms with van der Waals surface area (Å²) in [5.74, 6) is 0. The van der Waals surface area contributed by atoms with Crippen LogP contribution in [0.1, 0.15) is 13.8 Å². The van der Waals surface area contributed by atoms with Crippen LogP contribution in [0.3, 0.4) is 0 Å². The maximum atomic E-state index is 13.8. The highest BCUT2D eigenvalue weighted by atomic mass is 16.5. The molecule has 1 aliphatic rings. The first kappa shape index (κ1) is 23.4. The lowest BCUT2D eigenvalue weighted by Crippen LogP contribution is -2.58. The highest BCUT2D eigenvalue weighted by Crippen LogP contribution is 2.40. The van der Waals surface area contributed by atoms with E-state index in [1.165, 1.54) is 4.90 Å². The van der Waals surface area contributed by atoms with Crippen molar-refractivity contribution in [2.45, 2.75) is 25.6 Å². The van der Waals surface area contributed by atoms with Crippen LogP contribution in [0, 0.1) is 0 Å². The summed E-state index contributed by atoms with van der Waals surface area (Å²) in [6.07, 6.45) is 0.632. The molecule has 0 radical (unpaired) electrons. The molecular formula is C29H28N4O3. The smallest absolute Gasteiger partial charge is 0.311 e. The molecule has 1 atom stereocenters. The van der Waals surface area contributed by atoms with Crippen molar-refractivity contribution in [3.8, 4) is 0 Å². The zero-order valence-corrected chi connectivity index (χ0v) is 20.3. The van der Waals surface area contributed by atoms with E-state index in [1.807, 2.05) is 92.7 Å². The van der Waals surface area contributed by atoms with Gasteiger partial charge in [-0.2, -0.15) is 5.06 Å². The fourth-order valence-corrected chi connectivity index (χ4v) is 5.06. The Labute approximate surface area is 209 Å². The van der Waals surface area contributed by atoms with E-state index in [0.717, 1.165) is 21.5 Å². The van der Waals surface area contributed by atoms with Gasteiger partial charge in [0.1, 0.15) is 0 Å². The van der Waals surface area contributed by atoms with Crippen LogP contribution in [-0.2, 0) is 0 Å². The van der Waals surface area contributed by atoms with Gasteiger partial charge < -0.3 is 10.2 Å². The van der Waals surface area contributed by atoms with Gasteiger partial charge in [0.25, 0.3) is 0 Å². The Kier molecular flexibility index (Phi) is 5.86. The number of hydrogen-bond acceptors (Lipinski definition) is 3. The van der Waals surface area contributed by atoms with E-state index in [4.69, 9.17) is 0 Å². The fraction of sp³-hybridized carbons (Fsp3) is 0.172. The van der Waals surface area contributed by atoms with Crippen molar-refractivity contribution in [3.05, 3.63) is 97.6 Å². The number of urea groups is 2.